The number of furan rings is 1. The number of hydrogen-bond acceptors (Lipinski definition) is 4. The van der Waals surface area contributed by atoms with Crippen LogP contribution in [0.25, 0.3) is 127 Å². The Morgan fingerprint density at radius 2 is 1.00 bits per heavy atom. The van der Waals surface area contributed by atoms with Crippen LogP contribution in [0, 0.1) is 0 Å². The van der Waals surface area contributed by atoms with E-state index in [9.17, 15) is 0 Å². The molecular weight excluding hydrogens is 817 g/mol. The van der Waals surface area contributed by atoms with Crippen LogP contribution < -0.4 is 0 Å². The summed E-state index contributed by atoms with van der Waals surface area (Å²) in [6.07, 6.45) is 0. The molecule has 314 valence electrons. The van der Waals surface area contributed by atoms with E-state index in [4.69, 9.17) is 19.4 Å². The summed E-state index contributed by atoms with van der Waals surface area (Å²) >= 11 is 0. The largest absolute Gasteiger partial charge is 0.456 e. The molecule has 67 heavy (non-hydrogen) atoms. The van der Waals surface area contributed by atoms with Crippen LogP contribution in [-0.2, 0) is 5.41 Å². The average molecular weight is 857 g/mol. The smallest absolute Gasteiger partial charge is 0.164 e. The van der Waals surface area contributed by atoms with Crippen LogP contribution in [-0.4, -0.2) is 19.5 Å². The molecule has 0 saturated heterocycles. The Hall–Kier alpha value is -8.67. The van der Waals surface area contributed by atoms with Crippen LogP contribution >= 0.6 is 0 Å². The first-order chi connectivity index (χ1) is 33.0. The third kappa shape index (κ3) is 5.64. The zero-order valence-corrected chi connectivity index (χ0v) is 36.8. The van der Waals surface area contributed by atoms with Crippen molar-refractivity contribution in [2.75, 3.05) is 0 Å². The highest BCUT2D eigenvalue weighted by Crippen LogP contribution is 2.53. The summed E-state index contributed by atoms with van der Waals surface area (Å²) in [5, 5.41) is 9.35. The molecule has 14 rings (SSSR count). The Bertz CT molecular complexity index is 4180. The van der Waals surface area contributed by atoms with Gasteiger partial charge in [-0.05, 0) is 98.1 Å². The normalized spacial score (nSPS) is 13.0. The summed E-state index contributed by atoms with van der Waals surface area (Å²) in [4.78, 5) is 15.8. The zero-order chi connectivity index (χ0) is 44.4. The van der Waals surface area contributed by atoms with Gasteiger partial charge < -0.3 is 8.98 Å². The van der Waals surface area contributed by atoms with Gasteiger partial charge in [0.05, 0.1) is 16.7 Å². The van der Waals surface area contributed by atoms with Crippen LogP contribution in [0.15, 0.2) is 211 Å². The standard InChI is InChI=1S/C62H40N4O/c1-62(2)51-32-29-39-16-6-7-17-42(39)58(51)50-35-49-45-20-10-12-22-53(45)66(55(49)36-52(50)62)54-33-31-48(43-18-8-9-19-44(43)54)61-64-59(40-26-24-38(25-27-40)37-14-4-3-5-15-37)63-60(65-61)41-28-30-47-46-21-11-13-23-56(46)67-57(47)34-41/h3-36H,1-2H3. The Kier molecular flexibility index (Phi) is 7.97. The van der Waals surface area contributed by atoms with E-state index >= 15 is 0 Å². The molecule has 0 saturated carbocycles. The van der Waals surface area contributed by atoms with Crippen LogP contribution in [0.4, 0.5) is 0 Å². The van der Waals surface area contributed by atoms with Gasteiger partial charge in [0.2, 0.25) is 0 Å². The Labute approximate surface area is 386 Å². The second-order valence-corrected chi connectivity index (χ2v) is 18.3. The van der Waals surface area contributed by atoms with Gasteiger partial charge in [-0.15, -0.1) is 0 Å². The van der Waals surface area contributed by atoms with Crippen LogP contribution in [0.3, 0.4) is 0 Å². The summed E-state index contributed by atoms with van der Waals surface area (Å²) in [5.74, 6) is 1.78. The van der Waals surface area contributed by atoms with E-state index in [1.807, 2.05) is 24.3 Å². The summed E-state index contributed by atoms with van der Waals surface area (Å²) in [6, 6.07) is 73.6. The van der Waals surface area contributed by atoms with E-state index in [0.29, 0.717) is 17.5 Å². The van der Waals surface area contributed by atoms with Gasteiger partial charge in [0, 0.05) is 49.0 Å². The molecule has 3 heterocycles. The number of hydrogen-bond donors (Lipinski definition) is 0. The van der Waals surface area contributed by atoms with Crippen molar-refractivity contribution in [2.24, 2.45) is 0 Å². The lowest BCUT2D eigenvalue weighted by atomic mass is 9.82. The summed E-state index contributed by atoms with van der Waals surface area (Å²) in [6.45, 7) is 4.75. The molecule has 0 amide bonds. The van der Waals surface area contributed by atoms with E-state index in [1.165, 1.54) is 54.8 Å². The molecule has 5 nitrogen and oxygen atoms in total. The van der Waals surface area contributed by atoms with Gasteiger partial charge in [-0.3, -0.25) is 0 Å². The van der Waals surface area contributed by atoms with E-state index in [-0.39, 0.29) is 5.41 Å². The molecular formula is C62H40N4O. The minimum atomic E-state index is -0.180. The van der Waals surface area contributed by atoms with Crippen LogP contribution in [0.2, 0.25) is 0 Å². The quantitative estimate of drug-likeness (QED) is 0.173. The third-order valence-electron chi connectivity index (χ3n) is 14.3. The molecule has 1 aliphatic carbocycles. The molecule has 0 spiro atoms. The van der Waals surface area contributed by atoms with E-state index < -0.39 is 0 Å². The van der Waals surface area contributed by atoms with Crippen molar-refractivity contribution < 1.29 is 4.42 Å². The van der Waals surface area contributed by atoms with Gasteiger partial charge in [-0.1, -0.05) is 172 Å². The Morgan fingerprint density at radius 1 is 0.373 bits per heavy atom. The Morgan fingerprint density at radius 3 is 1.84 bits per heavy atom. The first kappa shape index (κ1) is 37.7. The monoisotopic (exact) mass is 856 g/mol. The van der Waals surface area contributed by atoms with E-state index in [1.54, 1.807) is 0 Å². The van der Waals surface area contributed by atoms with Crippen molar-refractivity contribution in [3.63, 3.8) is 0 Å². The highest BCUT2D eigenvalue weighted by molar-refractivity contribution is 6.15. The van der Waals surface area contributed by atoms with E-state index in [2.05, 4.69) is 200 Å². The summed E-state index contributed by atoms with van der Waals surface area (Å²) in [5.41, 5.74) is 15.3. The lowest BCUT2D eigenvalue weighted by molar-refractivity contribution is 0.661. The van der Waals surface area contributed by atoms with Crippen molar-refractivity contribution in [3.05, 3.63) is 217 Å². The zero-order valence-electron chi connectivity index (χ0n) is 36.8. The number of para-hydroxylation sites is 2. The number of nitrogens with zero attached hydrogens (tertiary/aromatic N) is 4. The van der Waals surface area contributed by atoms with Gasteiger partial charge >= 0.3 is 0 Å². The topological polar surface area (TPSA) is 56.7 Å². The maximum absolute atomic E-state index is 6.36. The van der Waals surface area contributed by atoms with Gasteiger partial charge in [0.15, 0.2) is 17.5 Å². The van der Waals surface area contributed by atoms with Gasteiger partial charge in [0.25, 0.3) is 0 Å². The van der Waals surface area contributed by atoms with Crippen molar-refractivity contribution in [1.82, 2.24) is 19.5 Å². The fraction of sp³-hybridized carbons (Fsp3) is 0.0484. The van der Waals surface area contributed by atoms with Crippen molar-refractivity contribution in [3.8, 4) is 62.1 Å². The fourth-order valence-corrected chi connectivity index (χ4v) is 11.0. The van der Waals surface area contributed by atoms with Gasteiger partial charge in [-0.25, -0.2) is 15.0 Å². The van der Waals surface area contributed by atoms with Crippen molar-refractivity contribution in [1.29, 1.82) is 0 Å². The molecule has 10 aromatic carbocycles. The minimum Gasteiger partial charge on any atom is -0.456 e. The number of rotatable bonds is 5. The maximum Gasteiger partial charge on any atom is 0.164 e. The predicted molar refractivity (Wildman–Crippen MR) is 276 cm³/mol. The van der Waals surface area contributed by atoms with Crippen molar-refractivity contribution >= 4 is 65.3 Å². The summed E-state index contributed by atoms with van der Waals surface area (Å²) in [7, 11) is 0. The second kappa shape index (κ2) is 14.2. The first-order valence-corrected chi connectivity index (χ1v) is 22.9. The van der Waals surface area contributed by atoms with Crippen LogP contribution in [0.1, 0.15) is 25.0 Å². The first-order valence-electron chi connectivity index (χ1n) is 22.9. The molecule has 0 N–H and O–H groups in total. The van der Waals surface area contributed by atoms with Crippen LogP contribution in [0.5, 0.6) is 0 Å². The van der Waals surface area contributed by atoms with Gasteiger partial charge in [-0.2, -0.15) is 0 Å². The summed E-state index contributed by atoms with van der Waals surface area (Å²) < 4.78 is 8.83. The highest BCUT2D eigenvalue weighted by Gasteiger charge is 2.37. The molecule has 0 radical (unpaired) electrons. The SMILES string of the molecule is CC1(C)c2cc3c(cc2-c2c1ccc1ccccc21)c1ccccc1n3-c1ccc(-c2nc(-c3ccc(-c4ccccc4)cc3)nc(-c3ccc4c(c3)oc3ccccc34)n2)c2ccccc12. The molecule has 3 aromatic heterocycles. The van der Waals surface area contributed by atoms with E-state index in [0.717, 1.165) is 66.2 Å². The number of benzene rings is 10. The molecule has 0 unspecified atom stereocenters. The van der Waals surface area contributed by atoms with Gasteiger partial charge in [0.1, 0.15) is 11.2 Å². The number of aromatic nitrogens is 4. The molecule has 0 bridgehead atoms. The Balaban J connectivity index is 0.968. The molecule has 1 aliphatic rings. The second-order valence-electron chi connectivity index (χ2n) is 18.3. The van der Waals surface area contributed by atoms with Crippen molar-refractivity contribution in [2.45, 2.75) is 19.3 Å². The molecule has 0 fully saturated rings. The minimum absolute atomic E-state index is 0.180. The molecule has 5 heteroatoms. The lowest BCUT2D eigenvalue weighted by Gasteiger charge is -2.22. The molecule has 0 atom stereocenters. The molecule has 0 aliphatic heterocycles. The predicted octanol–water partition coefficient (Wildman–Crippen LogP) is 16.1. The fourth-order valence-electron chi connectivity index (χ4n) is 11.0. The maximum atomic E-state index is 6.36. The highest BCUT2D eigenvalue weighted by atomic mass is 16.3. The third-order valence-corrected chi connectivity index (χ3v) is 14.3. The lowest BCUT2D eigenvalue weighted by Crippen LogP contribution is -2.15. The average Bonchev–Trinajstić information content (AvgIpc) is 4.00. The molecule has 13 aromatic rings. The number of fused-ring (bicyclic) bond motifs is 12.